The highest BCUT2D eigenvalue weighted by atomic mass is 35.5. The molecule has 76 valence electrons. The Bertz CT molecular complexity index is 360. The Kier molecular flexibility index (Phi) is 3.44. The quantitative estimate of drug-likeness (QED) is 0.598. The van der Waals surface area contributed by atoms with E-state index in [1.165, 1.54) is 12.1 Å². The number of hydrogen-bond acceptors (Lipinski definition) is 2. The summed E-state index contributed by atoms with van der Waals surface area (Å²) in [4.78, 5) is 10.6. The van der Waals surface area contributed by atoms with Crippen LogP contribution >= 0.6 is 34.8 Å². The van der Waals surface area contributed by atoms with Crippen LogP contribution in [-0.2, 0) is 0 Å². The first-order chi connectivity index (χ1) is 6.43. The van der Waals surface area contributed by atoms with Crippen molar-refractivity contribution in [3.05, 3.63) is 27.2 Å². The van der Waals surface area contributed by atoms with Crippen molar-refractivity contribution in [1.29, 1.82) is 0 Å². The van der Waals surface area contributed by atoms with E-state index >= 15 is 0 Å². The number of urea groups is 1. The van der Waals surface area contributed by atoms with Crippen LogP contribution in [0.4, 0.5) is 10.5 Å². The zero-order valence-electron chi connectivity index (χ0n) is 6.67. The molecule has 0 aliphatic rings. The molecule has 1 rings (SSSR count). The average Bonchev–Trinajstić information content (AvgIpc) is 2.01. The van der Waals surface area contributed by atoms with Crippen molar-refractivity contribution in [1.82, 2.24) is 0 Å². The Labute approximate surface area is 94.7 Å². The number of halogens is 3. The molecule has 14 heavy (non-hydrogen) atoms. The average molecular weight is 255 g/mol. The molecule has 0 spiro atoms. The van der Waals surface area contributed by atoms with Gasteiger partial charge in [0.1, 0.15) is 5.69 Å². The van der Waals surface area contributed by atoms with Gasteiger partial charge in [0.25, 0.3) is 0 Å². The lowest BCUT2D eigenvalue weighted by molar-refractivity contribution is 0.212. The lowest BCUT2D eigenvalue weighted by Gasteiger charge is -2.15. The standard InChI is InChI=1S/C7H5Cl3N2O2/c8-3-1-4(9)6(5(10)2-3)12(14)7(11)13/h1-2,14H,(H2,11,13). The third kappa shape index (κ3) is 2.22. The molecule has 4 nitrogen and oxygen atoms in total. The van der Waals surface area contributed by atoms with Crippen molar-refractivity contribution in [3.63, 3.8) is 0 Å². The second kappa shape index (κ2) is 4.23. The van der Waals surface area contributed by atoms with Crippen LogP contribution in [0.3, 0.4) is 0 Å². The van der Waals surface area contributed by atoms with Crippen LogP contribution in [0.1, 0.15) is 0 Å². The molecule has 1 aromatic carbocycles. The molecule has 0 atom stereocenters. The molecular weight excluding hydrogens is 250 g/mol. The Balaban J connectivity index is 3.27. The third-order valence-corrected chi connectivity index (χ3v) is 2.20. The van der Waals surface area contributed by atoms with E-state index in [0.717, 1.165) is 0 Å². The van der Waals surface area contributed by atoms with Crippen LogP contribution in [0.2, 0.25) is 15.1 Å². The van der Waals surface area contributed by atoms with Crippen molar-refractivity contribution in [2.24, 2.45) is 5.73 Å². The Morgan fingerprint density at radius 2 is 1.71 bits per heavy atom. The molecule has 0 aliphatic heterocycles. The number of carbonyl (C=O) groups is 1. The van der Waals surface area contributed by atoms with Crippen LogP contribution in [0.5, 0.6) is 0 Å². The smallest absolute Gasteiger partial charge is 0.343 e. The number of benzene rings is 1. The van der Waals surface area contributed by atoms with Crippen molar-refractivity contribution in [2.45, 2.75) is 0 Å². The van der Waals surface area contributed by atoms with Gasteiger partial charge in [0.15, 0.2) is 0 Å². The fourth-order valence-electron chi connectivity index (χ4n) is 0.847. The number of primary amides is 1. The summed E-state index contributed by atoms with van der Waals surface area (Å²) < 4.78 is 0. The number of amides is 2. The molecule has 0 aromatic heterocycles. The maximum Gasteiger partial charge on any atom is 0.343 e. The molecule has 0 saturated heterocycles. The van der Waals surface area contributed by atoms with E-state index in [1.807, 2.05) is 0 Å². The largest absolute Gasteiger partial charge is 0.349 e. The normalized spacial score (nSPS) is 10.0. The maximum atomic E-state index is 10.6. The van der Waals surface area contributed by atoms with Crippen LogP contribution in [-0.4, -0.2) is 11.2 Å². The van der Waals surface area contributed by atoms with Gasteiger partial charge in [0, 0.05) is 5.02 Å². The lowest BCUT2D eigenvalue weighted by atomic mass is 10.3. The second-order valence-corrected chi connectivity index (χ2v) is 3.62. The molecule has 3 N–H and O–H groups in total. The summed E-state index contributed by atoms with van der Waals surface area (Å²) in [5, 5.41) is 9.71. The maximum absolute atomic E-state index is 10.6. The SMILES string of the molecule is NC(=O)N(O)c1c(Cl)cc(Cl)cc1Cl. The van der Waals surface area contributed by atoms with Gasteiger partial charge < -0.3 is 5.73 Å². The number of hydrogen-bond donors (Lipinski definition) is 2. The van der Waals surface area contributed by atoms with Gasteiger partial charge >= 0.3 is 6.03 Å². The predicted octanol–water partition coefficient (Wildman–Crippen LogP) is 2.92. The van der Waals surface area contributed by atoms with Crippen molar-refractivity contribution in [2.75, 3.05) is 5.06 Å². The third-order valence-electron chi connectivity index (χ3n) is 1.40. The van der Waals surface area contributed by atoms with Gasteiger partial charge in [0.05, 0.1) is 10.0 Å². The second-order valence-electron chi connectivity index (χ2n) is 2.37. The Hall–Kier alpha value is -0.680. The molecule has 0 bridgehead atoms. The predicted molar refractivity (Wildman–Crippen MR) is 55.3 cm³/mol. The zero-order chi connectivity index (χ0) is 10.9. The van der Waals surface area contributed by atoms with Gasteiger partial charge in [-0.2, -0.15) is 5.06 Å². The molecular formula is C7H5Cl3N2O2. The van der Waals surface area contributed by atoms with Gasteiger partial charge in [-0.25, -0.2) is 4.79 Å². The van der Waals surface area contributed by atoms with E-state index in [-0.39, 0.29) is 20.8 Å². The zero-order valence-corrected chi connectivity index (χ0v) is 8.94. The summed E-state index contributed by atoms with van der Waals surface area (Å²) in [6, 6.07) is 1.57. The molecule has 7 heteroatoms. The fraction of sp³-hybridized carbons (Fsp3) is 0. The topological polar surface area (TPSA) is 66.6 Å². The van der Waals surface area contributed by atoms with E-state index in [9.17, 15) is 10.0 Å². The molecule has 0 unspecified atom stereocenters. The van der Waals surface area contributed by atoms with Gasteiger partial charge in [-0.1, -0.05) is 34.8 Å². The van der Waals surface area contributed by atoms with Gasteiger partial charge in [-0.3, -0.25) is 5.21 Å². The van der Waals surface area contributed by atoms with Gasteiger partial charge in [-0.05, 0) is 12.1 Å². The number of rotatable bonds is 1. The number of carbonyl (C=O) groups excluding carboxylic acids is 1. The Morgan fingerprint density at radius 3 is 2.07 bits per heavy atom. The van der Waals surface area contributed by atoms with Gasteiger partial charge in [-0.15, -0.1) is 0 Å². The fourth-order valence-corrected chi connectivity index (χ4v) is 1.82. The number of hydroxylamine groups is 1. The highest BCUT2D eigenvalue weighted by molar-refractivity contribution is 6.42. The summed E-state index contributed by atoms with van der Waals surface area (Å²) >= 11 is 17.0. The minimum absolute atomic E-state index is 0.0313. The van der Waals surface area contributed by atoms with E-state index in [2.05, 4.69) is 0 Å². The molecule has 0 fully saturated rings. The molecule has 0 heterocycles. The molecule has 1 aromatic rings. The van der Waals surface area contributed by atoms with Crippen LogP contribution in [0, 0.1) is 0 Å². The molecule has 0 aliphatic carbocycles. The van der Waals surface area contributed by atoms with Crippen LogP contribution in [0.15, 0.2) is 12.1 Å². The summed E-state index contributed by atoms with van der Waals surface area (Å²) in [6.45, 7) is 0. The summed E-state index contributed by atoms with van der Waals surface area (Å²) in [6.07, 6.45) is 0. The first-order valence-corrected chi connectivity index (χ1v) is 4.50. The molecule has 0 saturated carbocycles. The van der Waals surface area contributed by atoms with Crippen molar-refractivity contribution >= 4 is 46.5 Å². The number of anilines is 1. The lowest BCUT2D eigenvalue weighted by Crippen LogP contribution is -2.32. The Morgan fingerprint density at radius 1 is 1.29 bits per heavy atom. The van der Waals surface area contributed by atoms with Crippen LogP contribution < -0.4 is 10.8 Å². The highest BCUT2D eigenvalue weighted by Gasteiger charge is 2.17. The summed E-state index contributed by atoms with van der Waals surface area (Å²) in [5.74, 6) is 0. The summed E-state index contributed by atoms with van der Waals surface area (Å²) in [7, 11) is 0. The first-order valence-electron chi connectivity index (χ1n) is 3.36. The highest BCUT2D eigenvalue weighted by Crippen LogP contribution is 2.35. The number of nitrogens with zero attached hydrogens (tertiary/aromatic N) is 1. The monoisotopic (exact) mass is 254 g/mol. The van der Waals surface area contributed by atoms with E-state index in [1.54, 1.807) is 0 Å². The first kappa shape index (κ1) is 11.4. The minimum Gasteiger partial charge on any atom is -0.349 e. The molecule has 2 amide bonds. The van der Waals surface area contributed by atoms with E-state index in [4.69, 9.17) is 40.5 Å². The minimum atomic E-state index is -1.09. The van der Waals surface area contributed by atoms with E-state index < -0.39 is 6.03 Å². The van der Waals surface area contributed by atoms with Crippen molar-refractivity contribution < 1.29 is 10.0 Å². The van der Waals surface area contributed by atoms with E-state index in [0.29, 0.717) is 5.02 Å². The molecule has 0 radical (unpaired) electrons. The summed E-state index contributed by atoms with van der Waals surface area (Å²) in [5.41, 5.74) is 4.74. The van der Waals surface area contributed by atoms with Gasteiger partial charge in [0.2, 0.25) is 0 Å². The van der Waals surface area contributed by atoms with Crippen molar-refractivity contribution in [3.8, 4) is 0 Å². The number of nitrogens with two attached hydrogens (primary N) is 1. The van der Waals surface area contributed by atoms with Crippen LogP contribution in [0.25, 0.3) is 0 Å².